The highest BCUT2D eigenvalue weighted by Gasteiger charge is 2.39. The summed E-state index contributed by atoms with van der Waals surface area (Å²) < 4.78 is 0.901. The molecule has 5 heteroatoms. The van der Waals surface area contributed by atoms with E-state index in [4.69, 9.17) is 0 Å². The molecule has 1 fully saturated rings. The molecular formula is C11H12BrNO2S. The largest absolute Gasteiger partial charge is 0.379 e. The van der Waals surface area contributed by atoms with Crippen LogP contribution in [0.2, 0.25) is 0 Å². The van der Waals surface area contributed by atoms with E-state index in [1.165, 1.54) is 0 Å². The van der Waals surface area contributed by atoms with Gasteiger partial charge in [0.05, 0.1) is 0 Å². The highest BCUT2D eigenvalue weighted by atomic mass is 79.9. The Hall–Kier alpha value is -0.520. The fourth-order valence-corrected chi connectivity index (χ4v) is 3.19. The fraction of sp³-hybridized carbons (Fsp3) is 0.364. The molecule has 1 aliphatic heterocycles. The van der Waals surface area contributed by atoms with E-state index >= 15 is 0 Å². The van der Waals surface area contributed by atoms with Crippen molar-refractivity contribution in [2.45, 2.75) is 12.0 Å². The molecule has 1 heterocycles. The number of carbonyl (C=O) groups is 1. The molecular weight excluding hydrogens is 290 g/mol. The molecule has 1 unspecified atom stereocenters. The number of halogens is 1. The second kappa shape index (κ2) is 4.77. The third-order valence-corrected chi connectivity index (χ3v) is 4.17. The molecule has 3 nitrogen and oxygen atoms in total. The molecule has 1 atom stereocenters. The molecule has 1 aromatic carbocycles. The molecule has 0 aromatic heterocycles. The van der Waals surface area contributed by atoms with Crippen LogP contribution in [0.25, 0.3) is 0 Å². The van der Waals surface area contributed by atoms with Crippen molar-refractivity contribution in [3.05, 3.63) is 28.7 Å². The summed E-state index contributed by atoms with van der Waals surface area (Å²) in [4.78, 5) is 11.9. The maximum Gasteiger partial charge on any atom is 0.257 e. The van der Waals surface area contributed by atoms with Crippen molar-refractivity contribution >= 4 is 39.3 Å². The van der Waals surface area contributed by atoms with Gasteiger partial charge in [-0.05, 0) is 30.4 Å². The van der Waals surface area contributed by atoms with Gasteiger partial charge in [0.2, 0.25) is 0 Å². The molecule has 1 aliphatic rings. The van der Waals surface area contributed by atoms with Crippen LogP contribution in [-0.2, 0) is 4.79 Å². The number of hydrogen-bond acceptors (Lipinski definition) is 3. The maximum atomic E-state index is 11.9. The van der Waals surface area contributed by atoms with E-state index in [9.17, 15) is 9.90 Å². The highest BCUT2D eigenvalue weighted by Crippen LogP contribution is 2.29. The van der Waals surface area contributed by atoms with E-state index in [1.54, 1.807) is 17.8 Å². The quantitative estimate of drug-likeness (QED) is 0.881. The van der Waals surface area contributed by atoms with Gasteiger partial charge in [0.25, 0.3) is 5.91 Å². The molecule has 0 saturated carbocycles. The number of nitrogens with one attached hydrogen (secondary N) is 1. The van der Waals surface area contributed by atoms with Gasteiger partial charge in [-0.2, -0.15) is 11.8 Å². The lowest BCUT2D eigenvalue weighted by atomic mass is 10.0. The molecule has 2 N–H and O–H groups in total. The number of rotatable bonds is 2. The van der Waals surface area contributed by atoms with Crippen molar-refractivity contribution in [2.75, 3.05) is 16.8 Å². The van der Waals surface area contributed by atoms with Gasteiger partial charge in [0.1, 0.15) is 0 Å². The number of amides is 1. The Morgan fingerprint density at radius 1 is 1.56 bits per heavy atom. The van der Waals surface area contributed by atoms with Crippen molar-refractivity contribution in [1.82, 2.24) is 0 Å². The SMILES string of the molecule is O=C(Nc1cccc(Br)c1)C1(O)CCSC1. The van der Waals surface area contributed by atoms with Crippen LogP contribution >= 0.6 is 27.7 Å². The monoisotopic (exact) mass is 301 g/mol. The number of carbonyl (C=O) groups excluding carboxylic acids is 1. The Bertz CT molecular complexity index is 405. The first kappa shape index (κ1) is 12.0. The zero-order valence-corrected chi connectivity index (χ0v) is 11.0. The molecule has 16 heavy (non-hydrogen) atoms. The van der Waals surface area contributed by atoms with Crippen molar-refractivity contribution in [3.63, 3.8) is 0 Å². The molecule has 86 valence electrons. The second-order valence-electron chi connectivity index (χ2n) is 3.80. The fourth-order valence-electron chi connectivity index (χ4n) is 1.55. The number of anilines is 1. The normalized spacial score (nSPS) is 24.4. The van der Waals surface area contributed by atoms with Gasteiger partial charge in [0, 0.05) is 15.9 Å². The number of thioether (sulfide) groups is 1. The summed E-state index contributed by atoms with van der Waals surface area (Å²) in [5.74, 6) is 1.01. The van der Waals surface area contributed by atoms with E-state index in [1.807, 2.05) is 18.2 Å². The van der Waals surface area contributed by atoms with Crippen LogP contribution in [0.1, 0.15) is 6.42 Å². The van der Waals surface area contributed by atoms with Gasteiger partial charge >= 0.3 is 0 Å². The summed E-state index contributed by atoms with van der Waals surface area (Å²) >= 11 is 4.93. The minimum atomic E-state index is -1.20. The summed E-state index contributed by atoms with van der Waals surface area (Å²) in [7, 11) is 0. The number of aliphatic hydroxyl groups is 1. The molecule has 0 aliphatic carbocycles. The number of benzene rings is 1. The van der Waals surface area contributed by atoms with Gasteiger partial charge in [0.15, 0.2) is 5.60 Å². The minimum absolute atomic E-state index is 0.310. The van der Waals surface area contributed by atoms with Gasteiger partial charge in [-0.1, -0.05) is 22.0 Å². The Morgan fingerprint density at radius 3 is 3.00 bits per heavy atom. The first-order valence-electron chi connectivity index (χ1n) is 4.97. The zero-order valence-electron chi connectivity index (χ0n) is 8.57. The van der Waals surface area contributed by atoms with Gasteiger partial charge < -0.3 is 10.4 Å². The van der Waals surface area contributed by atoms with Gasteiger partial charge in [-0.15, -0.1) is 0 Å². The van der Waals surface area contributed by atoms with Gasteiger partial charge in [-0.3, -0.25) is 4.79 Å². The van der Waals surface area contributed by atoms with Crippen LogP contribution in [0, 0.1) is 0 Å². The number of hydrogen-bond donors (Lipinski definition) is 2. The van der Waals surface area contributed by atoms with E-state index < -0.39 is 5.60 Å². The summed E-state index contributed by atoms with van der Waals surface area (Å²) in [6.45, 7) is 0. The molecule has 1 saturated heterocycles. The van der Waals surface area contributed by atoms with E-state index in [0.717, 1.165) is 10.2 Å². The zero-order chi connectivity index (χ0) is 11.6. The average molecular weight is 302 g/mol. The summed E-state index contributed by atoms with van der Waals surface area (Å²) in [6.07, 6.45) is 0.525. The van der Waals surface area contributed by atoms with Crippen LogP contribution in [0.5, 0.6) is 0 Å². The lowest BCUT2D eigenvalue weighted by Crippen LogP contribution is -2.42. The van der Waals surface area contributed by atoms with E-state index in [-0.39, 0.29) is 5.91 Å². The summed E-state index contributed by atoms with van der Waals surface area (Å²) in [5.41, 5.74) is -0.503. The van der Waals surface area contributed by atoms with Crippen LogP contribution in [0.3, 0.4) is 0 Å². The minimum Gasteiger partial charge on any atom is -0.379 e. The standard InChI is InChI=1S/C11H12BrNO2S/c12-8-2-1-3-9(6-8)13-10(14)11(15)4-5-16-7-11/h1-3,6,15H,4-5,7H2,(H,13,14). The van der Waals surface area contributed by atoms with Crippen molar-refractivity contribution in [2.24, 2.45) is 0 Å². The van der Waals surface area contributed by atoms with Crippen molar-refractivity contribution < 1.29 is 9.90 Å². The highest BCUT2D eigenvalue weighted by molar-refractivity contribution is 9.10. The van der Waals surface area contributed by atoms with Crippen molar-refractivity contribution in [1.29, 1.82) is 0 Å². The molecule has 2 rings (SSSR count). The third-order valence-electron chi connectivity index (χ3n) is 2.51. The predicted molar refractivity (Wildman–Crippen MR) is 69.7 cm³/mol. The smallest absolute Gasteiger partial charge is 0.257 e. The molecule has 0 radical (unpaired) electrons. The van der Waals surface area contributed by atoms with Crippen LogP contribution in [0.4, 0.5) is 5.69 Å². The lowest BCUT2D eigenvalue weighted by molar-refractivity contribution is -0.131. The first-order chi connectivity index (χ1) is 7.60. The second-order valence-corrected chi connectivity index (χ2v) is 5.82. The van der Waals surface area contributed by atoms with Crippen molar-refractivity contribution in [3.8, 4) is 0 Å². The topological polar surface area (TPSA) is 49.3 Å². The molecule has 0 bridgehead atoms. The Balaban J connectivity index is 2.07. The Kier molecular flexibility index (Phi) is 3.56. The van der Waals surface area contributed by atoms with E-state index in [2.05, 4.69) is 21.2 Å². The molecule has 0 spiro atoms. The van der Waals surface area contributed by atoms with Crippen LogP contribution in [-0.4, -0.2) is 28.1 Å². The van der Waals surface area contributed by atoms with Crippen LogP contribution in [0.15, 0.2) is 28.7 Å². The predicted octanol–water partition coefficient (Wildman–Crippen LogP) is 2.26. The summed E-state index contributed by atoms with van der Waals surface area (Å²) in [5, 5.41) is 12.8. The lowest BCUT2D eigenvalue weighted by Gasteiger charge is -2.20. The van der Waals surface area contributed by atoms with Gasteiger partial charge in [-0.25, -0.2) is 0 Å². The summed E-state index contributed by atoms with van der Waals surface area (Å²) in [6, 6.07) is 7.33. The maximum absolute atomic E-state index is 11.9. The molecule has 1 aromatic rings. The average Bonchev–Trinajstić information content (AvgIpc) is 2.66. The van der Waals surface area contributed by atoms with Crippen LogP contribution < -0.4 is 5.32 Å². The first-order valence-corrected chi connectivity index (χ1v) is 6.92. The third kappa shape index (κ3) is 2.59. The Morgan fingerprint density at radius 2 is 2.38 bits per heavy atom. The Labute approximate surface area is 107 Å². The molecule has 1 amide bonds. The van der Waals surface area contributed by atoms with E-state index in [0.29, 0.717) is 17.9 Å².